The van der Waals surface area contributed by atoms with Crippen LogP contribution in [-0.2, 0) is 11.3 Å². The largest absolute Gasteiger partial charge is 0.314 e. The highest BCUT2D eigenvalue weighted by atomic mass is 16.2. The van der Waals surface area contributed by atoms with Crippen molar-refractivity contribution >= 4 is 22.8 Å². The molecule has 0 spiro atoms. The molecule has 5 rings (SSSR count). The summed E-state index contributed by atoms with van der Waals surface area (Å²) in [4.78, 5) is 19.9. The van der Waals surface area contributed by atoms with Crippen molar-refractivity contribution in [3.8, 4) is 0 Å². The summed E-state index contributed by atoms with van der Waals surface area (Å²) in [5, 5.41) is 4.28. The number of carbonyl (C=O) groups excluding carboxylic acids is 1. The number of anilines is 1. The van der Waals surface area contributed by atoms with Gasteiger partial charge in [-0.1, -0.05) is 42.5 Å². The molecule has 1 unspecified atom stereocenters. The lowest BCUT2D eigenvalue weighted by molar-refractivity contribution is -0.120. The van der Waals surface area contributed by atoms with E-state index in [2.05, 4.69) is 10.1 Å². The average Bonchev–Trinajstić information content (AvgIpc) is 3.38. The molecule has 1 aliphatic heterocycles. The molecule has 6 nitrogen and oxygen atoms in total. The van der Waals surface area contributed by atoms with Crippen LogP contribution in [0.25, 0.3) is 11.0 Å². The van der Waals surface area contributed by atoms with Crippen molar-refractivity contribution in [2.45, 2.75) is 12.6 Å². The number of amides is 1. The molecule has 26 heavy (non-hydrogen) atoms. The molecule has 0 aliphatic carbocycles. The summed E-state index contributed by atoms with van der Waals surface area (Å²) in [6.07, 6.45) is 3.49. The molecule has 0 fully saturated rings. The van der Waals surface area contributed by atoms with Gasteiger partial charge in [-0.3, -0.25) is 9.69 Å². The minimum Gasteiger partial charge on any atom is -0.314 e. The third kappa shape index (κ3) is 2.23. The van der Waals surface area contributed by atoms with Crippen molar-refractivity contribution in [1.82, 2.24) is 19.3 Å². The van der Waals surface area contributed by atoms with Crippen LogP contribution in [0.15, 0.2) is 73.2 Å². The van der Waals surface area contributed by atoms with Crippen molar-refractivity contribution in [2.24, 2.45) is 0 Å². The van der Waals surface area contributed by atoms with Crippen LogP contribution in [0.1, 0.15) is 11.6 Å². The molecule has 1 amide bonds. The Morgan fingerprint density at radius 1 is 0.962 bits per heavy atom. The monoisotopic (exact) mass is 343 g/mol. The molecule has 128 valence electrons. The molecule has 0 radical (unpaired) electrons. The van der Waals surface area contributed by atoms with Gasteiger partial charge in [0, 0.05) is 12.6 Å². The number of para-hydroxylation sites is 2. The Bertz CT molecular complexity index is 1080. The summed E-state index contributed by atoms with van der Waals surface area (Å²) in [7, 11) is 0. The predicted molar refractivity (Wildman–Crippen MR) is 98.9 cm³/mol. The number of carbonyl (C=O) groups is 1. The number of hydrogen-bond donors (Lipinski definition) is 0. The van der Waals surface area contributed by atoms with E-state index in [4.69, 9.17) is 0 Å². The Morgan fingerprint density at radius 3 is 2.65 bits per heavy atom. The number of fused-ring (bicyclic) bond motifs is 2. The summed E-state index contributed by atoms with van der Waals surface area (Å²) in [5.41, 5.74) is 2.77. The van der Waals surface area contributed by atoms with Gasteiger partial charge in [0.1, 0.15) is 11.9 Å². The lowest BCUT2D eigenvalue weighted by Gasteiger charge is -2.24. The van der Waals surface area contributed by atoms with Crippen molar-refractivity contribution in [1.29, 1.82) is 0 Å². The third-order valence-corrected chi connectivity index (χ3v) is 4.88. The van der Waals surface area contributed by atoms with E-state index < -0.39 is 6.04 Å². The Morgan fingerprint density at radius 2 is 1.77 bits per heavy atom. The van der Waals surface area contributed by atoms with Gasteiger partial charge in [-0.2, -0.15) is 5.10 Å². The molecule has 3 heterocycles. The van der Waals surface area contributed by atoms with Crippen LogP contribution in [0.2, 0.25) is 0 Å². The molecular formula is C20H17N5O. The van der Waals surface area contributed by atoms with Crippen molar-refractivity contribution < 1.29 is 4.79 Å². The molecule has 0 bridgehead atoms. The van der Waals surface area contributed by atoms with Crippen LogP contribution in [-0.4, -0.2) is 31.8 Å². The van der Waals surface area contributed by atoms with E-state index in [0.29, 0.717) is 6.54 Å². The standard InChI is InChI=1S/C20H17N5O/c26-20(23-12-13-25-18(23)10-11-22-25)19(15-6-2-1-3-7-15)24-14-21-16-8-4-5-9-17(16)24/h1-11,14,19H,12-13H2. The fourth-order valence-electron chi connectivity index (χ4n) is 3.65. The SMILES string of the molecule is O=C(C(c1ccccc1)n1cnc2ccccc21)N1CCn2nccc21. The second kappa shape index (κ2) is 5.84. The molecule has 1 aliphatic rings. The maximum atomic E-state index is 13.6. The summed E-state index contributed by atoms with van der Waals surface area (Å²) < 4.78 is 3.83. The van der Waals surface area contributed by atoms with Crippen LogP contribution in [0.4, 0.5) is 5.82 Å². The second-order valence-corrected chi connectivity index (χ2v) is 6.36. The summed E-state index contributed by atoms with van der Waals surface area (Å²) >= 11 is 0. The molecule has 4 aromatic rings. The molecule has 0 saturated carbocycles. The minimum atomic E-state index is -0.468. The second-order valence-electron chi connectivity index (χ2n) is 6.36. The van der Waals surface area contributed by atoms with Gasteiger partial charge in [-0.05, 0) is 17.7 Å². The minimum absolute atomic E-state index is 0.0265. The van der Waals surface area contributed by atoms with E-state index in [-0.39, 0.29) is 5.91 Å². The number of rotatable bonds is 3. The predicted octanol–water partition coefficient (Wildman–Crippen LogP) is 2.87. The number of nitrogens with zero attached hydrogens (tertiary/aromatic N) is 5. The Kier molecular flexibility index (Phi) is 3.35. The quantitative estimate of drug-likeness (QED) is 0.575. The first-order chi connectivity index (χ1) is 12.8. The molecular weight excluding hydrogens is 326 g/mol. The number of aromatic nitrogens is 4. The highest BCUT2D eigenvalue weighted by Crippen LogP contribution is 2.29. The van der Waals surface area contributed by atoms with Crippen molar-refractivity contribution in [2.75, 3.05) is 11.4 Å². The Hall–Kier alpha value is -3.41. The zero-order valence-electron chi connectivity index (χ0n) is 14.1. The maximum Gasteiger partial charge on any atom is 0.255 e. The molecule has 2 aromatic carbocycles. The average molecular weight is 343 g/mol. The highest BCUT2D eigenvalue weighted by Gasteiger charge is 2.33. The number of hydrogen-bond acceptors (Lipinski definition) is 3. The van der Waals surface area contributed by atoms with E-state index in [1.807, 2.05) is 74.8 Å². The van der Waals surface area contributed by atoms with Gasteiger partial charge in [0.05, 0.1) is 30.1 Å². The van der Waals surface area contributed by atoms with Crippen LogP contribution >= 0.6 is 0 Å². The van der Waals surface area contributed by atoms with Gasteiger partial charge in [0.25, 0.3) is 5.91 Å². The smallest absolute Gasteiger partial charge is 0.255 e. The summed E-state index contributed by atoms with van der Waals surface area (Å²) in [6.45, 7) is 1.36. The molecule has 1 atom stereocenters. The fraction of sp³-hybridized carbons (Fsp3) is 0.150. The lowest BCUT2D eigenvalue weighted by Crippen LogP contribution is -2.36. The van der Waals surface area contributed by atoms with Gasteiger partial charge in [0.2, 0.25) is 0 Å². The topological polar surface area (TPSA) is 56.0 Å². The Balaban J connectivity index is 1.65. The van der Waals surface area contributed by atoms with Gasteiger partial charge < -0.3 is 4.57 Å². The molecule has 0 saturated heterocycles. The van der Waals surface area contributed by atoms with Crippen molar-refractivity contribution in [3.05, 3.63) is 78.8 Å². The Labute approximate surface area is 150 Å². The fourth-order valence-corrected chi connectivity index (χ4v) is 3.65. The first kappa shape index (κ1) is 14.9. The van der Waals surface area contributed by atoms with Crippen LogP contribution < -0.4 is 4.90 Å². The van der Waals surface area contributed by atoms with E-state index in [9.17, 15) is 4.79 Å². The van der Waals surface area contributed by atoms with E-state index in [1.165, 1.54) is 0 Å². The van der Waals surface area contributed by atoms with E-state index in [0.717, 1.165) is 29.0 Å². The number of benzene rings is 2. The van der Waals surface area contributed by atoms with Gasteiger partial charge in [0.15, 0.2) is 0 Å². The van der Waals surface area contributed by atoms with Crippen LogP contribution in [0.5, 0.6) is 0 Å². The highest BCUT2D eigenvalue weighted by molar-refractivity contribution is 5.98. The van der Waals surface area contributed by atoms with Gasteiger partial charge in [-0.15, -0.1) is 0 Å². The van der Waals surface area contributed by atoms with E-state index in [1.54, 1.807) is 12.5 Å². The summed E-state index contributed by atoms with van der Waals surface area (Å²) in [5.74, 6) is 0.874. The molecule has 0 N–H and O–H groups in total. The third-order valence-electron chi connectivity index (χ3n) is 4.88. The molecule has 2 aromatic heterocycles. The van der Waals surface area contributed by atoms with Gasteiger partial charge in [-0.25, -0.2) is 9.67 Å². The first-order valence-corrected chi connectivity index (χ1v) is 8.62. The maximum absolute atomic E-state index is 13.6. The lowest BCUT2D eigenvalue weighted by atomic mass is 10.0. The van der Waals surface area contributed by atoms with Crippen molar-refractivity contribution in [3.63, 3.8) is 0 Å². The van der Waals surface area contributed by atoms with Crippen LogP contribution in [0, 0.1) is 0 Å². The summed E-state index contributed by atoms with van der Waals surface area (Å²) in [6, 6.07) is 19.2. The normalized spacial score (nSPS) is 14.5. The van der Waals surface area contributed by atoms with Gasteiger partial charge >= 0.3 is 0 Å². The number of imidazole rings is 1. The molecule has 6 heteroatoms. The first-order valence-electron chi connectivity index (χ1n) is 8.62. The van der Waals surface area contributed by atoms with E-state index >= 15 is 0 Å². The zero-order chi connectivity index (χ0) is 17.5. The van der Waals surface area contributed by atoms with Crippen LogP contribution in [0.3, 0.4) is 0 Å². The zero-order valence-corrected chi connectivity index (χ0v) is 14.1.